The van der Waals surface area contributed by atoms with E-state index in [0.717, 1.165) is 5.69 Å². The SMILES string of the molecule is O=C(O)C1CCN(c2ccc(S(=O)O)cc2)C1. The van der Waals surface area contributed by atoms with Gasteiger partial charge in [0.1, 0.15) is 0 Å². The average Bonchev–Trinajstić information content (AvgIpc) is 2.78. The van der Waals surface area contributed by atoms with Gasteiger partial charge >= 0.3 is 5.97 Å². The Morgan fingerprint density at radius 3 is 2.47 bits per heavy atom. The smallest absolute Gasteiger partial charge is 0.308 e. The molecule has 0 aromatic heterocycles. The Morgan fingerprint density at radius 1 is 1.35 bits per heavy atom. The van der Waals surface area contributed by atoms with Gasteiger partial charge in [-0.25, -0.2) is 4.21 Å². The fourth-order valence-electron chi connectivity index (χ4n) is 1.97. The minimum Gasteiger partial charge on any atom is -0.481 e. The quantitative estimate of drug-likeness (QED) is 0.793. The Bertz CT molecular complexity index is 445. The van der Waals surface area contributed by atoms with Crippen LogP contribution in [0.5, 0.6) is 0 Å². The molecule has 1 aliphatic rings. The summed E-state index contributed by atoms with van der Waals surface area (Å²) in [4.78, 5) is 13.1. The number of hydrogen-bond donors (Lipinski definition) is 2. The van der Waals surface area contributed by atoms with Crippen molar-refractivity contribution < 1.29 is 18.7 Å². The van der Waals surface area contributed by atoms with Crippen molar-refractivity contribution in [3.63, 3.8) is 0 Å². The van der Waals surface area contributed by atoms with Crippen molar-refractivity contribution in [3.05, 3.63) is 24.3 Å². The van der Waals surface area contributed by atoms with Gasteiger partial charge in [-0.15, -0.1) is 0 Å². The molecule has 17 heavy (non-hydrogen) atoms. The van der Waals surface area contributed by atoms with Crippen molar-refractivity contribution in [1.82, 2.24) is 0 Å². The Hall–Kier alpha value is -1.40. The van der Waals surface area contributed by atoms with E-state index in [4.69, 9.17) is 9.66 Å². The number of carboxylic acids is 1. The normalized spacial score (nSPS) is 21.5. The molecule has 2 atom stereocenters. The van der Waals surface area contributed by atoms with Crippen LogP contribution < -0.4 is 4.90 Å². The molecule has 2 N–H and O–H groups in total. The molecule has 92 valence electrons. The fraction of sp³-hybridized carbons (Fsp3) is 0.364. The first kappa shape index (κ1) is 12.1. The molecule has 0 radical (unpaired) electrons. The zero-order valence-electron chi connectivity index (χ0n) is 9.07. The summed E-state index contributed by atoms with van der Waals surface area (Å²) in [6.45, 7) is 1.20. The van der Waals surface area contributed by atoms with Crippen molar-refractivity contribution in [3.8, 4) is 0 Å². The van der Waals surface area contributed by atoms with Crippen LogP contribution in [0.25, 0.3) is 0 Å². The lowest BCUT2D eigenvalue weighted by Crippen LogP contribution is -2.22. The maximum absolute atomic E-state index is 10.8. The highest BCUT2D eigenvalue weighted by atomic mass is 32.2. The molecule has 0 saturated carbocycles. The van der Waals surface area contributed by atoms with Gasteiger partial charge in [-0.1, -0.05) is 0 Å². The van der Waals surface area contributed by atoms with E-state index >= 15 is 0 Å². The summed E-state index contributed by atoms with van der Waals surface area (Å²) >= 11 is -1.97. The van der Waals surface area contributed by atoms with Crippen LogP contribution in [0.15, 0.2) is 29.2 Å². The van der Waals surface area contributed by atoms with Gasteiger partial charge in [0.05, 0.1) is 10.8 Å². The molecule has 2 rings (SSSR count). The van der Waals surface area contributed by atoms with Crippen LogP contribution in [0.1, 0.15) is 6.42 Å². The fourth-order valence-corrected chi connectivity index (χ4v) is 2.34. The van der Waals surface area contributed by atoms with E-state index in [1.54, 1.807) is 24.3 Å². The van der Waals surface area contributed by atoms with E-state index in [2.05, 4.69) is 0 Å². The van der Waals surface area contributed by atoms with Crippen molar-refractivity contribution in [2.24, 2.45) is 5.92 Å². The zero-order valence-corrected chi connectivity index (χ0v) is 9.89. The lowest BCUT2D eigenvalue weighted by molar-refractivity contribution is -0.140. The summed E-state index contributed by atoms with van der Waals surface area (Å²) in [6.07, 6.45) is 0.642. The lowest BCUT2D eigenvalue weighted by Gasteiger charge is -2.17. The maximum Gasteiger partial charge on any atom is 0.308 e. The van der Waals surface area contributed by atoms with Gasteiger partial charge in [-0.2, -0.15) is 0 Å². The zero-order chi connectivity index (χ0) is 12.4. The van der Waals surface area contributed by atoms with Gasteiger partial charge in [0.15, 0.2) is 11.1 Å². The molecule has 5 nitrogen and oxygen atoms in total. The molecule has 1 aromatic rings. The largest absolute Gasteiger partial charge is 0.481 e. The minimum absolute atomic E-state index is 0.318. The van der Waals surface area contributed by atoms with E-state index < -0.39 is 17.0 Å². The predicted octanol–water partition coefficient (Wildman–Crippen LogP) is 1.18. The second kappa shape index (κ2) is 4.85. The molecule has 1 aromatic carbocycles. The van der Waals surface area contributed by atoms with Crippen LogP contribution in [-0.4, -0.2) is 32.9 Å². The number of aliphatic carboxylic acids is 1. The highest BCUT2D eigenvalue weighted by Gasteiger charge is 2.27. The first-order valence-corrected chi connectivity index (χ1v) is 6.37. The van der Waals surface area contributed by atoms with Gasteiger partial charge in [-0.3, -0.25) is 4.79 Å². The van der Waals surface area contributed by atoms with Gasteiger partial charge in [0.2, 0.25) is 0 Å². The second-order valence-electron chi connectivity index (χ2n) is 4.01. The number of carbonyl (C=O) groups is 1. The predicted molar refractivity (Wildman–Crippen MR) is 63.4 cm³/mol. The lowest BCUT2D eigenvalue weighted by atomic mass is 10.1. The Balaban J connectivity index is 2.09. The number of anilines is 1. The minimum atomic E-state index is -1.97. The molecular formula is C11H13NO4S. The van der Waals surface area contributed by atoms with Crippen LogP contribution in [0.3, 0.4) is 0 Å². The van der Waals surface area contributed by atoms with Crippen LogP contribution in [-0.2, 0) is 15.9 Å². The Kier molecular flexibility index (Phi) is 3.44. The number of benzene rings is 1. The third-order valence-corrected chi connectivity index (χ3v) is 3.62. The molecule has 0 aliphatic carbocycles. The van der Waals surface area contributed by atoms with Crippen molar-refractivity contribution in [1.29, 1.82) is 0 Å². The first-order valence-electron chi connectivity index (χ1n) is 5.26. The summed E-state index contributed by atoms with van der Waals surface area (Å²) in [7, 11) is 0. The Morgan fingerprint density at radius 2 is 2.00 bits per heavy atom. The summed E-state index contributed by atoms with van der Waals surface area (Å²) in [6, 6.07) is 6.65. The topological polar surface area (TPSA) is 77.8 Å². The molecule has 1 heterocycles. The molecule has 0 spiro atoms. The number of carboxylic acid groups (broad SMARTS) is 1. The highest BCUT2D eigenvalue weighted by Crippen LogP contribution is 2.24. The molecule has 1 fully saturated rings. The van der Waals surface area contributed by atoms with Gasteiger partial charge in [0.25, 0.3) is 0 Å². The van der Waals surface area contributed by atoms with E-state index in [1.807, 2.05) is 4.90 Å². The number of nitrogens with zero attached hydrogens (tertiary/aromatic N) is 1. The van der Waals surface area contributed by atoms with Crippen molar-refractivity contribution >= 4 is 22.7 Å². The summed E-state index contributed by atoms with van der Waals surface area (Å²) < 4.78 is 19.7. The first-order chi connectivity index (χ1) is 8.08. The Labute approximate surface area is 101 Å². The van der Waals surface area contributed by atoms with Crippen molar-refractivity contribution in [2.45, 2.75) is 11.3 Å². The van der Waals surface area contributed by atoms with Gasteiger partial charge in [0, 0.05) is 18.8 Å². The van der Waals surface area contributed by atoms with Crippen LogP contribution in [0, 0.1) is 5.92 Å². The van der Waals surface area contributed by atoms with E-state index in [9.17, 15) is 9.00 Å². The van der Waals surface area contributed by atoms with Gasteiger partial charge in [-0.05, 0) is 30.7 Å². The van der Waals surface area contributed by atoms with Crippen LogP contribution in [0.2, 0.25) is 0 Å². The summed E-state index contributed by atoms with van der Waals surface area (Å²) in [5.74, 6) is -1.08. The van der Waals surface area contributed by atoms with E-state index in [1.165, 1.54) is 0 Å². The molecule has 0 bridgehead atoms. The summed E-state index contributed by atoms with van der Waals surface area (Å²) in [5, 5.41) is 8.89. The molecule has 6 heteroatoms. The maximum atomic E-state index is 10.8. The van der Waals surface area contributed by atoms with E-state index in [0.29, 0.717) is 24.4 Å². The number of hydrogen-bond acceptors (Lipinski definition) is 3. The second-order valence-corrected chi connectivity index (χ2v) is 4.98. The highest BCUT2D eigenvalue weighted by molar-refractivity contribution is 7.79. The van der Waals surface area contributed by atoms with Crippen LogP contribution >= 0.6 is 0 Å². The number of rotatable bonds is 3. The monoisotopic (exact) mass is 255 g/mol. The summed E-state index contributed by atoms with van der Waals surface area (Å²) in [5.41, 5.74) is 0.892. The third-order valence-electron chi connectivity index (χ3n) is 2.94. The van der Waals surface area contributed by atoms with E-state index in [-0.39, 0.29) is 5.92 Å². The standard InChI is InChI=1S/C11H13NO4S/c13-11(14)8-5-6-12(7-8)9-1-3-10(4-2-9)17(15)16/h1-4,8H,5-7H2,(H,13,14)(H,15,16). The molecule has 0 amide bonds. The van der Waals surface area contributed by atoms with Gasteiger partial charge < -0.3 is 14.6 Å². The third kappa shape index (κ3) is 2.65. The average molecular weight is 255 g/mol. The van der Waals surface area contributed by atoms with Crippen LogP contribution in [0.4, 0.5) is 5.69 Å². The molecule has 2 unspecified atom stereocenters. The molecular weight excluding hydrogens is 242 g/mol. The molecule has 1 saturated heterocycles. The van der Waals surface area contributed by atoms with Crippen molar-refractivity contribution in [2.75, 3.05) is 18.0 Å². The molecule has 1 aliphatic heterocycles.